The number of hydrogen-bond donors (Lipinski definition) is 1. The van der Waals surface area contributed by atoms with Crippen molar-refractivity contribution in [1.82, 2.24) is 0 Å². The van der Waals surface area contributed by atoms with E-state index in [9.17, 15) is 27.7 Å². The summed E-state index contributed by atoms with van der Waals surface area (Å²) in [7, 11) is -1.75. The number of anilines is 2. The lowest BCUT2D eigenvalue weighted by atomic mass is 10.2. The van der Waals surface area contributed by atoms with Gasteiger partial charge in [0.15, 0.2) is 11.5 Å². The van der Waals surface area contributed by atoms with Crippen LogP contribution in [0.3, 0.4) is 0 Å². The summed E-state index contributed by atoms with van der Waals surface area (Å²) in [6.07, 6.45) is 0. The Kier molecular flexibility index (Phi) is 8.23. The van der Waals surface area contributed by atoms with Crippen LogP contribution in [0.4, 0.5) is 21.5 Å². The highest BCUT2D eigenvalue weighted by atomic mass is 35.5. The van der Waals surface area contributed by atoms with Crippen LogP contribution in [0.2, 0.25) is 10.0 Å². The molecule has 1 amide bonds. The average molecular weight is 558 g/mol. The first-order chi connectivity index (χ1) is 17.0. The van der Waals surface area contributed by atoms with Crippen LogP contribution in [0.5, 0.6) is 11.5 Å². The lowest BCUT2D eigenvalue weighted by molar-refractivity contribution is -0.384. The number of sulfonamides is 1. The van der Waals surface area contributed by atoms with Gasteiger partial charge in [0.05, 0.1) is 45.5 Å². The van der Waals surface area contributed by atoms with Crippen LogP contribution < -0.4 is 19.1 Å². The van der Waals surface area contributed by atoms with Gasteiger partial charge in [-0.1, -0.05) is 23.2 Å². The largest absolute Gasteiger partial charge is 0.493 e. The lowest BCUT2D eigenvalue weighted by Gasteiger charge is -2.25. The maximum atomic E-state index is 13.8. The van der Waals surface area contributed by atoms with Crippen LogP contribution in [0, 0.1) is 15.9 Å². The molecule has 0 fully saturated rings. The maximum Gasteiger partial charge on any atom is 0.271 e. The number of rotatable bonds is 9. The minimum Gasteiger partial charge on any atom is -0.493 e. The number of nitro benzene ring substituents is 1. The van der Waals surface area contributed by atoms with Crippen LogP contribution >= 0.6 is 23.2 Å². The molecule has 0 saturated carbocycles. The second-order valence-corrected chi connectivity index (χ2v) is 9.77. The summed E-state index contributed by atoms with van der Waals surface area (Å²) in [5.41, 5.74) is -0.553. The highest BCUT2D eigenvalue weighted by Crippen LogP contribution is 2.33. The van der Waals surface area contributed by atoms with E-state index >= 15 is 0 Å². The average Bonchev–Trinajstić information content (AvgIpc) is 2.84. The van der Waals surface area contributed by atoms with Crippen molar-refractivity contribution in [2.45, 2.75) is 4.90 Å². The Morgan fingerprint density at radius 2 is 1.72 bits per heavy atom. The van der Waals surface area contributed by atoms with Gasteiger partial charge in [0.1, 0.15) is 12.4 Å². The molecule has 10 nitrogen and oxygen atoms in total. The highest BCUT2D eigenvalue weighted by molar-refractivity contribution is 7.92. The third-order valence-corrected chi connectivity index (χ3v) is 7.25. The zero-order valence-electron chi connectivity index (χ0n) is 18.7. The Morgan fingerprint density at radius 1 is 1.03 bits per heavy atom. The molecule has 0 saturated heterocycles. The fourth-order valence-electron chi connectivity index (χ4n) is 3.10. The van der Waals surface area contributed by atoms with Crippen LogP contribution in [0.15, 0.2) is 59.5 Å². The molecule has 0 aliphatic carbocycles. The van der Waals surface area contributed by atoms with E-state index in [-0.39, 0.29) is 43.5 Å². The molecule has 14 heteroatoms. The van der Waals surface area contributed by atoms with Crippen molar-refractivity contribution in [2.24, 2.45) is 0 Å². The number of nitro groups is 1. The van der Waals surface area contributed by atoms with Crippen molar-refractivity contribution in [2.75, 3.05) is 30.4 Å². The topological polar surface area (TPSA) is 128 Å². The molecule has 0 radical (unpaired) electrons. The van der Waals surface area contributed by atoms with E-state index in [0.29, 0.717) is 4.31 Å². The zero-order chi connectivity index (χ0) is 26.6. The SMILES string of the molecule is COc1ccc(S(=O)(=O)N(CC(=O)Nc2cc([N+](=O)[O-])ccc2Cl)c2ccc(F)c(Cl)c2)cc1OC. The van der Waals surface area contributed by atoms with Crippen LogP contribution in [0.1, 0.15) is 0 Å². The summed E-state index contributed by atoms with van der Waals surface area (Å²) in [4.78, 5) is 23.0. The highest BCUT2D eigenvalue weighted by Gasteiger charge is 2.29. The summed E-state index contributed by atoms with van der Waals surface area (Å²) in [5, 5.41) is 13.0. The molecule has 0 atom stereocenters. The molecule has 1 N–H and O–H groups in total. The van der Waals surface area contributed by atoms with Crippen molar-refractivity contribution >= 4 is 56.2 Å². The van der Waals surface area contributed by atoms with Crippen LogP contribution in [-0.2, 0) is 14.8 Å². The van der Waals surface area contributed by atoms with E-state index in [0.717, 1.165) is 30.3 Å². The quantitative estimate of drug-likeness (QED) is 0.293. The third-order valence-electron chi connectivity index (χ3n) is 4.86. The molecular formula is C22H18Cl2FN3O7S. The smallest absolute Gasteiger partial charge is 0.271 e. The van der Waals surface area contributed by atoms with Crippen molar-refractivity contribution < 1.29 is 32.0 Å². The predicted molar refractivity (Wildman–Crippen MR) is 132 cm³/mol. The molecule has 0 aliphatic rings. The molecule has 3 aromatic rings. The van der Waals surface area contributed by atoms with E-state index in [1.54, 1.807) is 0 Å². The molecule has 0 spiro atoms. The van der Waals surface area contributed by atoms with E-state index < -0.39 is 33.2 Å². The number of hydrogen-bond acceptors (Lipinski definition) is 7. The fraction of sp³-hybridized carbons (Fsp3) is 0.136. The number of carbonyl (C=O) groups excluding carboxylic acids is 1. The number of nitrogens with one attached hydrogen (secondary N) is 1. The van der Waals surface area contributed by atoms with Crippen LogP contribution in [0.25, 0.3) is 0 Å². The number of amides is 1. The summed E-state index contributed by atoms with van der Waals surface area (Å²) in [6.45, 7) is -0.808. The fourth-order valence-corrected chi connectivity index (χ4v) is 4.87. The molecular weight excluding hydrogens is 540 g/mol. The third kappa shape index (κ3) is 5.78. The second-order valence-electron chi connectivity index (χ2n) is 7.10. The standard InChI is InChI=1S/C22H18Cl2FN3O7S/c1-34-20-8-5-15(11-21(20)35-2)36(32,33)27(13-4-7-18(25)17(24)9-13)12-22(29)26-19-10-14(28(30)31)3-6-16(19)23/h3-11H,12H2,1-2H3,(H,26,29). The Labute approximate surface area is 215 Å². The summed E-state index contributed by atoms with van der Waals surface area (Å²) >= 11 is 11.9. The number of methoxy groups -OCH3 is 2. The van der Waals surface area contributed by atoms with Gasteiger partial charge >= 0.3 is 0 Å². The van der Waals surface area contributed by atoms with E-state index in [2.05, 4.69) is 5.32 Å². The monoisotopic (exact) mass is 557 g/mol. The van der Waals surface area contributed by atoms with E-state index in [4.69, 9.17) is 32.7 Å². The molecule has 0 aromatic heterocycles. The first-order valence-electron chi connectivity index (χ1n) is 9.91. The minimum atomic E-state index is -4.45. The van der Waals surface area contributed by atoms with Gasteiger partial charge in [0, 0.05) is 18.2 Å². The minimum absolute atomic E-state index is 0.00641. The first-order valence-corrected chi connectivity index (χ1v) is 12.1. The number of non-ortho nitro benzene ring substituents is 1. The normalized spacial score (nSPS) is 11.0. The molecule has 0 heterocycles. The van der Waals surface area contributed by atoms with Crippen molar-refractivity contribution in [1.29, 1.82) is 0 Å². The number of benzene rings is 3. The summed E-state index contributed by atoms with van der Waals surface area (Å²) in [5.74, 6) is -1.30. The first kappa shape index (κ1) is 27.0. The molecule has 0 aliphatic heterocycles. The van der Waals surface area contributed by atoms with Gasteiger partial charge in [-0.3, -0.25) is 19.2 Å². The zero-order valence-corrected chi connectivity index (χ0v) is 21.0. The number of halogens is 3. The Balaban J connectivity index is 2.03. The molecule has 0 bridgehead atoms. The van der Waals surface area contributed by atoms with Crippen molar-refractivity contribution in [3.05, 3.63) is 80.6 Å². The van der Waals surface area contributed by atoms with Gasteiger partial charge in [-0.05, 0) is 36.4 Å². The van der Waals surface area contributed by atoms with Gasteiger partial charge < -0.3 is 14.8 Å². The van der Waals surface area contributed by atoms with Crippen molar-refractivity contribution in [3.8, 4) is 11.5 Å². The predicted octanol–water partition coefficient (Wildman–Crippen LogP) is 4.89. The summed E-state index contributed by atoms with van der Waals surface area (Å²) in [6, 6.07) is 10.3. The molecule has 3 aromatic carbocycles. The van der Waals surface area contributed by atoms with E-state index in [1.165, 1.54) is 38.5 Å². The van der Waals surface area contributed by atoms with Gasteiger partial charge in [0.25, 0.3) is 15.7 Å². The molecule has 0 unspecified atom stereocenters. The van der Waals surface area contributed by atoms with Gasteiger partial charge in [-0.2, -0.15) is 0 Å². The Morgan fingerprint density at radius 3 is 2.33 bits per heavy atom. The Bertz CT molecular complexity index is 1440. The number of carbonyl (C=O) groups is 1. The Hall–Kier alpha value is -3.61. The maximum absolute atomic E-state index is 13.8. The summed E-state index contributed by atoms with van der Waals surface area (Å²) < 4.78 is 52.0. The van der Waals surface area contributed by atoms with E-state index in [1.807, 2.05) is 0 Å². The molecule has 190 valence electrons. The van der Waals surface area contributed by atoms with Gasteiger partial charge in [-0.25, -0.2) is 12.8 Å². The number of nitrogens with zero attached hydrogens (tertiary/aromatic N) is 2. The molecule has 3 rings (SSSR count). The van der Waals surface area contributed by atoms with Crippen molar-refractivity contribution in [3.63, 3.8) is 0 Å². The number of ether oxygens (including phenoxy) is 2. The van der Waals surface area contributed by atoms with Gasteiger partial charge in [-0.15, -0.1) is 0 Å². The van der Waals surface area contributed by atoms with Gasteiger partial charge in [0.2, 0.25) is 5.91 Å². The molecule has 36 heavy (non-hydrogen) atoms. The lowest BCUT2D eigenvalue weighted by Crippen LogP contribution is -2.38. The van der Waals surface area contributed by atoms with Crippen LogP contribution in [-0.4, -0.2) is 40.0 Å². The second kappa shape index (κ2) is 11.0.